The third-order valence-electron chi connectivity index (χ3n) is 9.96. The van der Waals surface area contributed by atoms with Crippen LogP contribution in [0.5, 0.6) is 0 Å². The number of piperazine rings is 1. The fourth-order valence-electron chi connectivity index (χ4n) is 6.93. The Kier molecular flexibility index (Phi) is 11.9. The standard InChI is InChI=1S/C38H40N10O.C2HF3O2/c49-23-22-46-18-20-48(21-19-46)38-40-25-31-24-32(28-6-2-1-3-7-28)34(41-35(31)43-38)29-11-9-27(10-12-29)26-47-16-13-30(14-17-47)36-42-37(45-44-36)33-8-4-5-15-39-33;3-2(4,5)1(6)7/h1-12,15,24-25,30,49H,13-14,16-23,26H2,(H,42,44,45);(H,6,7). The molecule has 16 heteroatoms. The van der Waals surface area contributed by atoms with Crippen LogP contribution in [0.2, 0.25) is 0 Å². The average molecular weight is 767 g/mol. The van der Waals surface area contributed by atoms with E-state index < -0.39 is 12.1 Å². The molecule has 4 aromatic heterocycles. The molecule has 6 aromatic rings. The molecule has 56 heavy (non-hydrogen) atoms. The number of hydrogen-bond acceptors (Lipinski definition) is 11. The van der Waals surface area contributed by atoms with Crippen LogP contribution in [0.15, 0.2) is 91.3 Å². The minimum Gasteiger partial charge on any atom is -0.475 e. The minimum atomic E-state index is -5.08. The predicted octanol–water partition coefficient (Wildman–Crippen LogP) is 5.67. The number of aromatic amines is 1. The maximum atomic E-state index is 10.6. The number of rotatable bonds is 9. The van der Waals surface area contributed by atoms with Crippen molar-refractivity contribution in [3.63, 3.8) is 0 Å². The Morgan fingerprint density at radius 2 is 1.54 bits per heavy atom. The smallest absolute Gasteiger partial charge is 0.475 e. The topological polar surface area (TPSA) is 160 Å². The summed E-state index contributed by atoms with van der Waals surface area (Å²) in [6.45, 7) is 7.22. The summed E-state index contributed by atoms with van der Waals surface area (Å²) in [7, 11) is 0. The quantitative estimate of drug-likeness (QED) is 0.166. The monoisotopic (exact) mass is 766 g/mol. The first kappa shape index (κ1) is 38.4. The molecule has 0 bridgehead atoms. The first-order valence-electron chi connectivity index (χ1n) is 18.4. The molecular formula is C40H41F3N10O3. The lowest BCUT2D eigenvalue weighted by Gasteiger charge is -2.34. The van der Waals surface area contributed by atoms with E-state index >= 15 is 0 Å². The number of carbonyl (C=O) groups is 1. The molecule has 290 valence electrons. The van der Waals surface area contributed by atoms with Crippen molar-refractivity contribution >= 4 is 23.0 Å². The maximum absolute atomic E-state index is 10.6. The fraction of sp³-hybridized carbons (Fsp3) is 0.325. The van der Waals surface area contributed by atoms with E-state index in [1.54, 1.807) is 6.20 Å². The number of hydrogen-bond donors (Lipinski definition) is 3. The molecule has 0 aliphatic carbocycles. The Hall–Kier alpha value is -5.84. The van der Waals surface area contributed by atoms with E-state index in [-0.39, 0.29) is 6.61 Å². The van der Waals surface area contributed by atoms with Crippen LogP contribution >= 0.6 is 0 Å². The molecule has 2 aromatic carbocycles. The average Bonchev–Trinajstić information content (AvgIpc) is 3.72. The van der Waals surface area contributed by atoms with Gasteiger partial charge in [-0.2, -0.15) is 23.3 Å². The zero-order valence-electron chi connectivity index (χ0n) is 30.5. The maximum Gasteiger partial charge on any atom is 0.490 e. The van der Waals surface area contributed by atoms with Crippen molar-refractivity contribution in [3.05, 3.63) is 103 Å². The van der Waals surface area contributed by atoms with Crippen LogP contribution in [0.3, 0.4) is 0 Å². The van der Waals surface area contributed by atoms with Crippen molar-refractivity contribution in [2.24, 2.45) is 0 Å². The fourth-order valence-corrected chi connectivity index (χ4v) is 6.93. The summed E-state index contributed by atoms with van der Waals surface area (Å²) in [6, 6.07) is 27.2. The van der Waals surface area contributed by atoms with Crippen LogP contribution < -0.4 is 4.90 Å². The molecule has 8 rings (SSSR count). The number of aliphatic hydroxyl groups is 1. The second-order valence-corrected chi connectivity index (χ2v) is 13.7. The van der Waals surface area contributed by atoms with Gasteiger partial charge >= 0.3 is 12.1 Å². The van der Waals surface area contributed by atoms with Crippen LogP contribution in [0.4, 0.5) is 19.1 Å². The highest BCUT2D eigenvalue weighted by Crippen LogP contribution is 2.34. The van der Waals surface area contributed by atoms with Gasteiger partial charge in [0.15, 0.2) is 11.5 Å². The number of alkyl halides is 3. The van der Waals surface area contributed by atoms with E-state index in [4.69, 9.17) is 29.8 Å². The molecule has 0 saturated carbocycles. The molecule has 2 fully saturated rings. The van der Waals surface area contributed by atoms with Gasteiger partial charge in [0.05, 0.1) is 12.3 Å². The summed E-state index contributed by atoms with van der Waals surface area (Å²) >= 11 is 0. The number of benzene rings is 2. The Morgan fingerprint density at radius 1 is 0.821 bits per heavy atom. The number of nitrogens with zero attached hydrogens (tertiary/aromatic N) is 9. The van der Waals surface area contributed by atoms with Crippen LogP contribution in [-0.4, -0.2) is 120 Å². The summed E-state index contributed by atoms with van der Waals surface area (Å²) in [5.41, 5.74) is 6.94. The van der Waals surface area contributed by atoms with Crippen molar-refractivity contribution in [2.45, 2.75) is 31.5 Å². The molecule has 13 nitrogen and oxygen atoms in total. The molecule has 0 unspecified atom stereocenters. The van der Waals surface area contributed by atoms with E-state index in [0.717, 1.165) is 97.9 Å². The molecule has 2 saturated heterocycles. The highest BCUT2D eigenvalue weighted by Gasteiger charge is 2.38. The highest BCUT2D eigenvalue weighted by atomic mass is 19.4. The Balaban J connectivity index is 0.000000629. The number of pyridine rings is 2. The number of likely N-dealkylation sites (tertiary alicyclic amines) is 1. The van der Waals surface area contributed by atoms with Crippen LogP contribution in [0.1, 0.15) is 30.1 Å². The van der Waals surface area contributed by atoms with Gasteiger partial charge in [0.2, 0.25) is 5.95 Å². The lowest BCUT2D eigenvalue weighted by molar-refractivity contribution is -0.192. The summed E-state index contributed by atoms with van der Waals surface area (Å²) in [4.78, 5) is 39.9. The Bertz CT molecular complexity index is 2210. The van der Waals surface area contributed by atoms with E-state index in [9.17, 15) is 18.3 Å². The number of aliphatic hydroxyl groups excluding tert-OH is 1. The lowest BCUT2D eigenvalue weighted by Crippen LogP contribution is -2.47. The van der Waals surface area contributed by atoms with Crippen molar-refractivity contribution in [1.29, 1.82) is 0 Å². The van der Waals surface area contributed by atoms with Gasteiger partial charge in [0.25, 0.3) is 0 Å². The second kappa shape index (κ2) is 17.3. The SMILES string of the molecule is O=C(O)C(F)(F)F.OCCN1CCN(c2ncc3cc(-c4ccccc4)c(-c4ccc(CN5CCC(c6nc(-c7ccccn7)n[nH]6)CC5)cc4)nc3n2)CC1. The summed E-state index contributed by atoms with van der Waals surface area (Å²) in [6.07, 6.45) is 0.666. The Labute approximate surface area is 320 Å². The zero-order valence-corrected chi connectivity index (χ0v) is 30.5. The Morgan fingerprint density at radius 3 is 2.20 bits per heavy atom. The predicted molar refractivity (Wildman–Crippen MR) is 205 cm³/mol. The van der Waals surface area contributed by atoms with Crippen molar-refractivity contribution < 1.29 is 28.2 Å². The molecule has 3 N–H and O–H groups in total. The number of aromatic nitrogens is 7. The number of anilines is 1. The number of nitrogens with one attached hydrogen (secondary N) is 1. The molecule has 0 amide bonds. The number of carboxylic acids is 1. The van der Waals surface area contributed by atoms with Gasteiger partial charge in [-0.15, -0.1) is 0 Å². The molecule has 0 spiro atoms. The lowest BCUT2D eigenvalue weighted by atomic mass is 9.95. The van der Waals surface area contributed by atoms with Gasteiger partial charge in [-0.25, -0.2) is 19.7 Å². The third-order valence-corrected chi connectivity index (χ3v) is 9.96. The second-order valence-electron chi connectivity index (χ2n) is 13.7. The number of H-pyrrole nitrogens is 1. The molecule has 0 radical (unpaired) electrons. The normalized spacial score (nSPS) is 15.8. The number of halogens is 3. The number of aliphatic carboxylic acids is 1. The first-order valence-corrected chi connectivity index (χ1v) is 18.4. The minimum absolute atomic E-state index is 0.183. The summed E-state index contributed by atoms with van der Waals surface area (Å²) in [5.74, 6) is -0.0553. The zero-order chi connectivity index (χ0) is 39.1. The molecule has 2 aliphatic rings. The van der Waals surface area contributed by atoms with E-state index in [0.29, 0.717) is 29.9 Å². The highest BCUT2D eigenvalue weighted by molar-refractivity contribution is 5.90. The number of fused-ring (bicyclic) bond motifs is 1. The largest absolute Gasteiger partial charge is 0.490 e. The molecule has 0 atom stereocenters. The van der Waals surface area contributed by atoms with Gasteiger partial charge in [0.1, 0.15) is 11.5 Å². The number of β-amino-alcohol motifs (C(OH)–C–C–N with tert-alkyl or cyclic N) is 1. The van der Waals surface area contributed by atoms with E-state index in [2.05, 4.69) is 84.5 Å². The summed E-state index contributed by atoms with van der Waals surface area (Å²) in [5, 5.41) is 24.9. The third kappa shape index (κ3) is 9.33. The van der Waals surface area contributed by atoms with Gasteiger partial charge < -0.3 is 15.1 Å². The number of carboxylic acid groups (broad SMARTS) is 1. The number of piperidine rings is 1. The van der Waals surface area contributed by atoms with Crippen molar-refractivity contribution in [3.8, 4) is 33.9 Å². The van der Waals surface area contributed by atoms with Crippen molar-refractivity contribution in [1.82, 2.24) is 44.9 Å². The van der Waals surface area contributed by atoms with Gasteiger partial charge in [-0.3, -0.25) is 19.9 Å². The van der Waals surface area contributed by atoms with Crippen LogP contribution in [0, 0.1) is 0 Å². The van der Waals surface area contributed by atoms with E-state index in [1.807, 2.05) is 30.5 Å². The molecule has 2 aliphatic heterocycles. The van der Waals surface area contributed by atoms with E-state index in [1.165, 1.54) is 5.56 Å². The molecular weight excluding hydrogens is 726 g/mol. The van der Waals surface area contributed by atoms with Crippen LogP contribution in [0.25, 0.3) is 44.9 Å². The first-order chi connectivity index (χ1) is 27.1. The van der Waals surface area contributed by atoms with Gasteiger partial charge in [-0.1, -0.05) is 60.7 Å². The summed E-state index contributed by atoms with van der Waals surface area (Å²) < 4.78 is 31.7. The molecule has 6 heterocycles. The van der Waals surface area contributed by atoms with Gasteiger partial charge in [0, 0.05) is 74.1 Å². The van der Waals surface area contributed by atoms with Crippen molar-refractivity contribution in [2.75, 3.05) is 57.3 Å². The van der Waals surface area contributed by atoms with Crippen LogP contribution in [-0.2, 0) is 11.3 Å². The van der Waals surface area contributed by atoms with Gasteiger partial charge in [-0.05, 0) is 55.3 Å².